The Labute approximate surface area is 197 Å². The molecule has 1 unspecified atom stereocenters. The molecule has 1 aliphatic carbocycles. The minimum atomic E-state index is -1.64. The standard InChI is InChI=1S/C26H38N2O5/c1-26(2,3)22(24(31)27-19-15-9-6-10-16-19)28-23(30)20(21(29)25(32)33-4)17-11-14-18-12-7-5-8-13-18/h5,7-8,11-14,19-22,29H,6,9-10,15-17H2,1-4H3,(H,27,31)(H,28,30)/b14-11+/t20-,21+,22?/m1/s1. The maximum Gasteiger partial charge on any atom is 0.335 e. The highest BCUT2D eigenvalue weighted by Gasteiger charge is 2.38. The van der Waals surface area contributed by atoms with Crippen molar-refractivity contribution in [3.8, 4) is 0 Å². The fourth-order valence-corrected chi connectivity index (χ4v) is 4.04. The van der Waals surface area contributed by atoms with Crippen molar-refractivity contribution in [3.05, 3.63) is 42.0 Å². The summed E-state index contributed by atoms with van der Waals surface area (Å²) >= 11 is 0. The van der Waals surface area contributed by atoms with Gasteiger partial charge in [0.05, 0.1) is 13.0 Å². The van der Waals surface area contributed by atoms with Crippen LogP contribution in [0.5, 0.6) is 0 Å². The average Bonchev–Trinajstić information content (AvgIpc) is 2.79. The van der Waals surface area contributed by atoms with E-state index in [0.29, 0.717) is 0 Å². The first-order valence-corrected chi connectivity index (χ1v) is 11.7. The van der Waals surface area contributed by atoms with Gasteiger partial charge in [0.25, 0.3) is 0 Å². The summed E-state index contributed by atoms with van der Waals surface area (Å²) in [5, 5.41) is 16.4. The maximum atomic E-state index is 13.2. The number of esters is 1. The minimum Gasteiger partial charge on any atom is -0.467 e. The maximum absolute atomic E-state index is 13.2. The summed E-state index contributed by atoms with van der Waals surface area (Å²) in [6.45, 7) is 5.62. The Bertz CT molecular complexity index is 810. The van der Waals surface area contributed by atoms with E-state index in [0.717, 1.165) is 38.4 Å². The molecule has 0 aliphatic heterocycles. The molecule has 2 rings (SSSR count). The highest BCUT2D eigenvalue weighted by molar-refractivity contribution is 5.92. The van der Waals surface area contributed by atoms with Crippen molar-refractivity contribution < 1.29 is 24.2 Å². The topological polar surface area (TPSA) is 105 Å². The van der Waals surface area contributed by atoms with Gasteiger partial charge in [-0.1, -0.05) is 82.5 Å². The van der Waals surface area contributed by atoms with Gasteiger partial charge < -0.3 is 20.5 Å². The molecule has 2 amide bonds. The monoisotopic (exact) mass is 458 g/mol. The molecule has 3 N–H and O–H groups in total. The summed E-state index contributed by atoms with van der Waals surface area (Å²) in [7, 11) is 1.16. The van der Waals surface area contributed by atoms with E-state index in [2.05, 4.69) is 15.4 Å². The van der Waals surface area contributed by atoms with Gasteiger partial charge in [-0.15, -0.1) is 0 Å². The second kappa shape index (κ2) is 12.5. The van der Waals surface area contributed by atoms with Crippen LogP contribution in [0, 0.1) is 11.3 Å². The second-order valence-corrected chi connectivity index (χ2v) is 9.77. The third-order valence-electron chi connectivity index (χ3n) is 6.03. The fraction of sp³-hybridized carbons (Fsp3) is 0.577. The predicted molar refractivity (Wildman–Crippen MR) is 128 cm³/mol. The molecule has 0 radical (unpaired) electrons. The third-order valence-corrected chi connectivity index (χ3v) is 6.03. The second-order valence-electron chi connectivity index (χ2n) is 9.77. The molecule has 0 spiro atoms. The predicted octanol–water partition coefficient (Wildman–Crippen LogP) is 3.22. The number of aliphatic hydroxyl groups is 1. The molecule has 0 saturated heterocycles. The van der Waals surface area contributed by atoms with Crippen LogP contribution in [0.25, 0.3) is 6.08 Å². The number of ether oxygens (including phenoxy) is 1. The zero-order chi connectivity index (χ0) is 24.4. The highest BCUT2D eigenvalue weighted by Crippen LogP contribution is 2.23. The van der Waals surface area contributed by atoms with Crippen molar-refractivity contribution in [3.63, 3.8) is 0 Å². The zero-order valence-corrected chi connectivity index (χ0v) is 20.2. The van der Waals surface area contributed by atoms with Crippen LogP contribution in [-0.4, -0.2) is 48.2 Å². The number of aliphatic hydroxyl groups excluding tert-OH is 1. The van der Waals surface area contributed by atoms with Crippen LogP contribution in [0.1, 0.15) is 64.9 Å². The third kappa shape index (κ3) is 8.31. The first-order valence-electron chi connectivity index (χ1n) is 11.7. The van der Waals surface area contributed by atoms with Crippen molar-refractivity contribution in [1.82, 2.24) is 10.6 Å². The largest absolute Gasteiger partial charge is 0.467 e. The lowest BCUT2D eigenvalue weighted by Gasteiger charge is -2.34. The quantitative estimate of drug-likeness (QED) is 0.493. The number of hydrogen-bond acceptors (Lipinski definition) is 5. The number of rotatable bonds is 9. The normalized spacial score (nSPS) is 17.7. The van der Waals surface area contributed by atoms with Crippen molar-refractivity contribution in [2.75, 3.05) is 7.11 Å². The summed E-state index contributed by atoms with van der Waals surface area (Å²) in [6, 6.07) is 8.81. The molecular weight excluding hydrogens is 420 g/mol. The Hall–Kier alpha value is -2.67. The van der Waals surface area contributed by atoms with Crippen molar-refractivity contribution >= 4 is 23.9 Å². The number of hydrogen-bond donors (Lipinski definition) is 3. The molecule has 3 atom stereocenters. The summed E-state index contributed by atoms with van der Waals surface area (Å²) in [4.78, 5) is 38.3. The number of benzene rings is 1. The molecule has 0 heterocycles. The molecule has 1 aromatic carbocycles. The Balaban J connectivity index is 2.15. The van der Waals surface area contributed by atoms with Crippen molar-refractivity contribution in [1.29, 1.82) is 0 Å². The van der Waals surface area contributed by atoms with E-state index in [4.69, 9.17) is 0 Å². The van der Waals surface area contributed by atoms with Gasteiger partial charge in [0.1, 0.15) is 6.04 Å². The first-order chi connectivity index (χ1) is 15.6. The van der Waals surface area contributed by atoms with Crippen LogP contribution in [0.3, 0.4) is 0 Å². The molecule has 7 nitrogen and oxygen atoms in total. The number of carbonyl (C=O) groups excluding carboxylic acids is 3. The minimum absolute atomic E-state index is 0.109. The van der Waals surface area contributed by atoms with Crippen LogP contribution >= 0.6 is 0 Å². The number of methoxy groups -OCH3 is 1. The van der Waals surface area contributed by atoms with E-state index < -0.39 is 35.4 Å². The average molecular weight is 459 g/mol. The molecular formula is C26H38N2O5. The van der Waals surface area contributed by atoms with Crippen LogP contribution in [0.4, 0.5) is 0 Å². The van der Waals surface area contributed by atoms with E-state index in [1.165, 1.54) is 6.42 Å². The van der Waals surface area contributed by atoms with E-state index in [-0.39, 0.29) is 18.4 Å². The zero-order valence-electron chi connectivity index (χ0n) is 20.2. The van der Waals surface area contributed by atoms with E-state index in [1.54, 1.807) is 6.08 Å². The molecule has 1 aromatic rings. The van der Waals surface area contributed by atoms with Crippen LogP contribution in [-0.2, 0) is 19.1 Å². The van der Waals surface area contributed by atoms with Gasteiger partial charge in [-0.2, -0.15) is 0 Å². The number of amides is 2. The van der Waals surface area contributed by atoms with Gasteiger partial charge in [-0.3, -0.25) is 9.59 Å². The summed E-state index contributed by atoms with van der Waals surface area (Å²) in [5.74, 6) is -2.79. The molecule has 1 fully saturated rings. The molecule has 7 heteroatoms. The molecule has 1 saturated carbocycles. The van der Waals surface area contributed by atoms with Gasteiger partial charge >= 0.3 is 5.97 Å². The van der Waals surface area contributed by atoms with E-state index in [1.807, 2.05) is 57.2 Å². The van der Waals surface area contributed by atoms with Gasteiger partial charge in [-0.25, -0.2) is 4.79 Å². The Kier molecular flexibility index (Phi) is 10.1. The molecule has 1 aliphatic rings. The lowest BCUT2D eigenvalue weighted by atomic mass is 9.84. The van der Waals surface area contributed by atoms with Crippen LogP contribution < -0.4 is 10.6 Å². The number of carbonyl (C=O) groups is 3. The summed E-state index contributed by atoms with van der Waals surface area (Å²) < 4.78 is 4.66. The molecule has 33 heavy (non-hydrogen) atoms. The smallest absolute Gasteiger partial charge is 0.335 e. The van der Waals surface area contributed by atoms with Gasteiger partial charge in [0.2, 0.25) is 11.8 Å². The van der Waals surface area contributed by atoms with Crippen molar-refractivity contribution in [2.45, 2.75) is 77.5 Å². The van der Waals surface area contributed by atoms with Crippen molar-refractivity contribution in [2.24, 2.45) is 11.3 Å². The van der Waals surface area contributed by atoms with Gasteiger partial charge in [0.15, 0.2) is 6.10 Å². The Morgan fingerprint density at radius 1 is 1.09 bits per heavy atom. The lowest BCUT2D eigenvalue weighted by Crippen LogP contribution is -2.57. The van der Waals surface area contributed by atoms with Gasteiger partial charge in [0, 0.05) is 6.04 Å². The molecule has 0 aromatic heterocycles. The van der Waals surface area contributed by atoms with Crippen LogP contribution in [0.2, 0.25) is 0 Å². The number of nitrogens with one attached hydrogen (secondary N) is 2. The number of allylic oxidation sites excluding steroid dienone is 1. The highest BCUT2D eigenvalue weighted by atomic mass is 16.5. The summed E-state index contributed by atoms with van der Waals surface area (Å²) in [6.07, 6.45) is 7.23. The van der Waals surface area contributed by atoms with Gasteiger partial charge in [-0.05, 0) is 30.2 Å². The van der Waals surface area contributed by atoms with E-state index >= 15 is 0 Å². The molecule has 182 valence electrons. The Morgan fingerprint density at radius 3 is 2.30 bits per heavy atom. The summed E-state index contributed by atoms with van der Waals surface area (Å²) in [5.41, 5.74) is 0.373. The lowest BCUT2D eigenvalue weighted by molar-refractivity contribution is -0.157. The first kappa shape index (κ1) is 26.6. The molecule has 0 bridgehead atoms. The SMILES string of the molecule is COC(=O)[C@@H](O)[C@@H](C/C=C/c1ccccc1)C(=O)NC(C(=O)NC1CCCCC1)C(C)(C)C. The van der Waals surface area contributed by atoms with Crippen LogP contribution in [0.15, 0.2) is 36.4 Å². The Morgan fingerprint density at radius 2 is 1.73 bits per heavy atom. The fourth-order valence-electron chi connectivity index (χ4n) is 4.04. The van der Waals surface area contributed by atoms with E-state index in [9.17, 15) is 19.5 Å².